The number of aliphatic carboxylic acids is 1. The van der Waals surface area contributed by atoms with Crippen LogP contribution in [0.4, 0.5) is 5.69 Å². The van der Waals surface area contributed by atoms with E-state index in [1.807, 2.05) is 0 Å². The first-order valence-corrected chi connectivity index (χ1v) is 11.4. The maximum Gasteiger partial charge on any atom is 0.354 e. The molecule has 3 aromatic carbocycles. The molecule has 0 amide bonds. The molecule has 7 nitrogen and oxygen atoms in total. The average molecular weight is 470 g/mol. The lowest BCUT2D eigenvalue weighted by atomic mass is 9.94. The van der Waals surface area contributed by atoms with Gasteiger partial charge in [0, 0.05) is 16.2 Å². The number of fused-ring (bicyclic) bond motifs is 2. The highest BCUT2D eigenvalue weighted by molar-refractivity contribution is 7.93. The number of anilines is 1. The molecule has 9 heteroatoms. The van der Waals surface area contributed by atoms with Crippen molar-refractivity contribution in [1.29, 1.82) is 0 Å². The number of benzene rings is 3. The number of carbonyl (C=O) groups is 1. The second kappa shape index (κ2) is 7.29. The monoisotopic (exact) mass is 469 g/mol. The fourth-order valence-corrected chi connectivity index (χ4v) is 5.88. The number of nitrogens with zero attached hydrogens (tertiary/aromatic N) is 1. The summed E-state index contributed by atoms with van der Waals surface area (Å²) in [6.45, 7) is 1.70. The van der Waals surface area contributed by atoms with Crippen molar-refractivity contribution < 1.29 is 27.8 Å². The van der Waals surface area contributed by atoms with Crippen molar-refractivity contribution >= 4 is 38.9 Å². The average Bonchev–Trinajstić information content (AvgIpc) is 3.23. The van der Waals surface area contributed by atoms with Gasteiger partial charge in [0.05, 0.1) is 10.6 Å². The molecule has 0 saturated heterocycles. The van der Waals surface area contributed by atoms with E-state index >= 15 is 0 Å². The maximum atomic E-state index is 13.7. The summed E-state index contributed by atoms with van der Waals surface area (Å²) in [6.07, 6.45) is 0. The van der Waals surface area contributed by atoms with Gasteiger partial charge in [-0.25, -0.2) is 17.5 Å². The number of hydrogen-bond acceptors (Lipinski definition) is 5. The summed E-state index contributed by atoms with van der Waals surface area (Å²) < 4.78 is 39.1. The van der Waals surface area contributed by atoms with Crippen molar-refractivity contribution in [2.75, 3.05) is 11.1 Å². The van der Waals surface area contributed by atoms with E-state index in [1.165, 1.54) is 12.1 Å². The van der Waals surface area contributed by atoms with Gasteiger partial charge >= 0.3 is 5.97 Å². The fourth-order valence-electron chi connectivity index (χ4n) is 3.95. The van der Waals surface area contributed by atoms with Crippen LogP contribution in [0, 0.1) is 6.92 Å². The zero-order valence-electron chi connectivity index (χ0n) is 16.7. The predicted molar refractivity (Wildman–Crippen MR) is 119 cm³/mol. The van der Waals surface area contributed by atoms with Gasteiger partial charge in [0.25, 0.3) is 10.0 Å². The second-order valence-corrected chi connectivity index (χ2v) is 9.41. The van der Waals surface area contributed by atoms with Gasteiger partial charge in [-0.3, -0.25) is 0 Å². The normalized spacial score (nSPS) is 16.1. The lowest BCUT2D eigenvalue weighted by molar-refractivity contribution is -0.132. The van der Waals surface area contributed by atoms with E-state index in [0.717, 1.165) is 4.31 Å². The lowest BCUT2D eigenvalue weighted by Crippen LogP contribution is -2.38. The van der Waals surface area contributed by atoms with Crippen LogP contribution in [0.3, 0.4) is 0 Å². The van der Waals surface area contributed by atoms with Gasteiger partial charge in [-0.1, -0.05) is 41.9 Å². The fraction of sp³-hybridized carbons (Fsp3) is 0.0870. The van der Waals surface area contributed by atoms with Crippen molar-refractivity contribution in [2.45, 2.75) is 11.8 Å². The molecule has 0 atom stereocenters. The first-order chi connectivity index (χ1) is 15.3. The summed E-state index contributed by atoms with van der Waals surface area (Å²) in [4.78, 5) is 12.6. The topological polar surface area (TPSA) is 93.1 Å². The van der Waals surface area contributed by atoms with Crippen molar-refractivity contribution in [3.63, 3.8) is 0 Å². The molecule has 2 aliphatic heterocycles. The molecule has 0 fully saturated rings. The van der Waals surface area contributed by atoms with Crippen molar-refractivity contribution in [1.82, 2.24) is 0 Å². The van der Waals surface area contributed by atoms with Crippen LogP contribution < -0.4 is 13.8 Å². The smallest absolute Gasteiger partial charge is 0.354 e. The lowest BCUT2D eigenvalue weighted by Gasteiger charge is -2.33. The number of rotatable bonds is 3. The summed E-state index contributed by atoms with van der Waals surface area (Å²) in [5.74, 6) is -0.406. The molecule has 0 unspecified atom stereocenters. The van der Waals surface area contributed by atoms with Crippen LogP contribution >= 0.6 is 11.6 Å². The maximum absolute atomic E-state index is 13.7. The van der Waals surface area contributed by atoms with E-state index in [4.69, 9.17) is 21.1 Å². The van der Waals surface area contributed by atoms with Crippen LogP contribution in [-0.2, 0) is 14.8 Å². The van der Waals surface area contributed by atoms with E-state index in [9.17, 15) is 18.3 Å². The Labute approximate surface area is 189 Å². The summed E-state index contributed by atoms with van der Waals surface area (Å²) >= 11 is 6.26. The number of hydrogen-bond donors (Lipinski definition) is 1. The summed E-state index contributed by atoms with van der Waals surface area (Å²) in [5, 5.41) is 10.6. The molecule has 162 valence electrons. The quantitative estimate of drug-likeness (QED) is 0.610. The minimum absolute atomic E-state index is 0.00274. The number of carboxylic acid groups (broad SMARTS) is 1. The second-order valence-electron chi connectivity index (χ2n) is 7.25. The molecule has 0 aromatic heterocycles. The van der Waals surface area contributed by atoms with Crippen LogP contribution in [0.25, 0.3) is 5.57 Å². The molecule has 3 aromatic rings. The van der Waals surface area contributed by atoms with Gasteiger partial charge in [0.1, 0.15) is 0 Å². The van der Waals surface area contributed by atoms with Gasteiger partial charge in [-0.2, -0.15) is 0 Å². The van der Waals surface area contributed by atoms with Crippen LogP contribution in [-0.4, -0.2) is 26.3 Å². The molecule has 0 spiro atoms. The van der Waals surface area contributed by atoms with Crippen molar-refractivity contribution in [3.05, 3.63) is 88.1 Å². The SMILES string of the molecule is Cc1c(Cl)cccc1N1C(C(=O)O)=C(c2ccc3c(c2)OCO3)c2ccccc2S1(=O)=O. The van der Waals surface area contributed by atoms with E-state index in [1.54, 1.807) is 55.5 Å². The molecule has 0 aliphatic carbocycles. The largest absolute Gasteiger partial charge is 0.477 e. The standard InChI is InChI=1S/C23H16ClNO6S/c1-13-16(24)6-4-7-17(13)25-22(23(26)27)21(14-9-10-18-19(11-14)31-12-30-18)15-5-2-3-8-20(15)32(25,28)29/h2-11H,12H2,1H3,(H,26,27). The molecular formula is C23H16ClNO6S. The highest BCUT2D eigenvalue weighted by Crippen LogP contribution is 2.46. The molecule has 0 radical (unpaired) electrons. The first-order valence-electron chi connectivity index (χ1n) is 9.58. The zero-order valence-corrected chi connectivity index (χ0v) is 18.3. The zero-order chi connectivity index (χ0) is 22.6. The molecule has 2 aliphatic rings. The van der Waals surface area contributed by atoms with Crippen molar-refractivity contribution in [2.24, 2.45) is 0 Å². The van der Waals surface area contributed by atoms with Crippen molar-refractivity contribution in [3.8, 4) is 11.5 Å². The highest BCUT2D eigenvalue weighted by atomic mass is 35.5. The van der Waals surface area contributed by atoms with Gasteiger partial charge in [0.15, 0.2) is 17.2 Å². The van der Waals surface area contributed by atoms with Gasteiger partial charge in [-0.15, -0.1) is 0 Å². The third kappa shape index (κ3) is 2.95. The summed E-state index contributed by atoms with van der Waals surface area (Å²) in [7, 11) is -4.24. The molecule has 0 saturated carbocycles. The minimum Gasteiger partial charge on any atom is -0.477 e. The number of sulfonamides is 1. The Morgan fingerprint density at radius 1 is 1.03 bits per heavy atom. The molecule has 1 N–H and O–H groups in total. The number of halogens is 1. The Morgan fingerprint density at radius 3 is 2.56 bits per heavy atom. The van der Waals surface area contributed by atoms with Gasteiger partial charge < -0.3 is 14.6 Å². The van der Waals surface area contributed by atoms with E-state index < -0.39 is 21.7 Å². The van der Waals surface area contributed by atoms with Gasteiger partial charge in [0.2, 0.25) is 6.79 Å². The molecule has 5 rings (SSSR count). The Bertz CT molecular complexity index is 1430. The number of carboxylic acids is 1. The van der Waals surface area contributed by atoms with Gasteiger partial charge in [-0.05, 0) is 48.4 Å². The van der Waals surface area contributed by atoms with Crippen LogP contribution in [0.5, 0.6) is 11.5 Å². The number of ether oxygens (including phenoxy) is 2. The third-order valence-electron chi connectivity index (χ3n) is 5.44. The summed E-state index contributed by atoms with van der Waals surface area (Å²) in [6, 6.07) is 16.1. The van der Waals surface area contributed by atoms with Crippen LogP contribution in [0.2, 0.25) is 5.02 Å². The molecular weight excluding hydrogens is 454 g/mol. The Balaban J connectivity index is 1.90. The highest BCUT2D eigenvalue weighted by Gasteiger charge is 2.42. The van der Waals surface area contributed by atoms with Crippen LogP contribution in [0.15, 0.2) is 71.3 Å². The predicted octanol–water partition coefficient (Wildman–Crippen LogP) is 4.43. The molecule has 0 bridgehead atoms. The minimum atomic E-state index is -4.24. The van der Waals surface area contributed by atoms with Crippen LogP contribution in [0.1, 0.15) is 16.7 Å². The Hall–Kier alpha value is -3.49. The molecule has 2 heterocycles. The van der Waals surface area contributed by atoms with E-state index in [2.05, 4.69) is 0 Å². The Kier molecular flexibility index (Phi) is 4.65. The Morgan fingerprint density at radius 2 is 1.78 bits per heavy atom. The first kappa shape index (κ1) is 20.4. The molecule has 32 heavy (non-hydrogen) atoms. The van der Waals surface area contributed by atoms with E-state index in [-0.39, 0.29) is 22.9 Å². The third-order valence-corrected chi connectivity index (χ3v) is 7.62. The summed E-state index contributed by atoms with van der Waals surface area (Å²) in [5.41, 5.74) is 1.25. The van der Waals surface area contributed by atoms with E-state index in [0.29, 0.717) is 33.2 Å².